The number of methoxy groups -OCH3 is 3. The second-order valence-electron chi connectivity index (χ2n) is 1.88. The molecule has 0 saturated carbocycles. The first-order valence-corrected chi connectivity index (χ1v) is 3.19. The Morgan fingerprint density at radius 1 is 1.31 bits per heavy atom. The van der Waals surface area contributed by atoms with Crippen molar-refractivity contribution >= 4 is 35.5 Å². The van der Waals surface area contributed by atoms with Crippen LogP contribution in [0.1, 0.15) is 0 Å². The van der Waals surface area contributed by atoms with E-state index in [1.165, 1.54) is 21.3 Å². The monoisotopic (exact) mass is 200 g/mol. The van der Waals surface area contributed by atoms with Gasteiger partial charge in [-0.05, 0) is 0 Å². The maximum absolute atomic E-state index is 10.9. The van der Waals surface area contributed by atoms with Gasteiger partial charge in [0.25, 0.3) is 0 Å². The number of ether oxygens (including phenoxy) is 3. The molecule has 0 saturated heterocycles. The van der Waals surface area contributed by atoms with Gasteiger partial charge >= 0.3 is 35.5 Å². The van der Waals surface area contributed by atoms with Crippen molar-refractivity contribution in [3.63, 3.8) is 0 Å². The van der Waals surface area contributed by atoms with E-state index in [0.29, 0.717) is 6.26 Å². The van der Waals surface area contributed by atoms with E-state index in [2.05, 4.69) is 4.74 Å². The molecule has 0 radical (unpaired) electrons. The average molecular weight is 200 g/mol. The molecule has 5 nitrogen and oxygen atoms in total. The molecular weight excluding hydrogens is 187 g/mol. The van der Waals surface area contributed by atoms with E-state index in [9.17, 15) is 4.79 Å². The first kappa shape index (κ1) is 15.4. The fourth-order valence-corrected chi connectivity index (χ4v) is 0.678. The van der Waals surface area contributed by atoms with Gasteiger partial charge in [-0.15, -0.1) is 0 Å². The number of aliphatic hydroxyl groups excluding tert-OH is 1. The van der Waals surface area contributed by atoms with E-state index in [0.717, 1.165) is 0 Å². The van der Waals surface area contributed by atoms with Crippen LogP contribution in [0.5, 0.6) is 0 Å². The number of esters is 1. The SMILES string of the molecule is COC(=O)/C(=C/O)C(OC)OC.[NaH]. The van der Waals surface area contributed by atoms with Crippen LogP contribution in [0.2, 0.25) is 0 Å². The van der Waals surface area contributed by atoms with Crippen LogP contribution in [0.15, 0.2) is 11.8 Å². The van der Waals surface area contributed by atoms with E-state index >= 15 is 0 Å². The van der Waals surface area contributed by atoms with E-state index in [4.69, 9.17) is 14.6 Å². The molecule has 72 valence electrons. The topological polar surface area (TPSA) is 65.0 Å². The minimum atomic E-state index is -0.901. The molecule has 0 heterocycles. The molecule has 0 fully saturated rings. The molecule has 13 heavy (non-hydrogen) atoms. The summed E-state index contributed by atoms with van der Waals surface area (Å²) >= 11 is 0. The van der Waals surface area contributed by atoms with Crippen LogP contribution in [0.25, 0.3) is 0 Å². The molecule has 0 rings (SSSR count). The summed E-state index contributed by atoms with van der Waals surface area (Å²) in [6.45, 7) is 0. The van der Waals surface area contributed by atoms with Gasteiger partial charge in [-0.25, -0.2) is 4.79 Å². The molecule has 0 aliphatic heterocycles. The molecule has 0 bridgehead atoms. The Hall–Kier alpha value is -0.0700. The van der Waals surface area contributed by atoms with Gasteiger partial charge in [0.05, 0.1) is 13.4 Å². The molecule has 0 aliphatic carbocycles. The Bertz CT molecular complexity index is 176. The predicted molar refractivity (Wildman–Crippen MR) is 47.7 cm³/mol. The Morgan fingerprint density at radius 3 is 2.00 bits per heavy atom. The molecule has 6 heteroatoms. The van der Waals surface area contributed by atoms with E-state index in [1.54, 1.807) is 0 Å². The Balaban J connectivity index is 0. The summed E-state index contributed by atoms with van der Waals surface area (Å²) < 4.78 is 13.8. The fraction of sp³-hybridized carbons (Fsp3) is 0.571. The number of carbonyl (C=O) groups excluding carboxylic acids is 1. The number of aliphatic hydroxyl groups is 1. The first-order chi connectivity index (χ1) is 5.71. The van der Waals surface area contributed by atoms with Crippen molar-refractivity contribution in [1.82, 2.24) is 0 Å². The summed E-state index contributed by atoms with van der Waals surface area (Å²) in [4.78, 5) is 10.9. The maximum atomic E-state index is 10.9. The summed E-state index contributed by atoms with van der Waals surface area (Å²) in [6, 6.07) is 0. The quantitative estimate of drug-likeness (QED) is 0.219. The van der Waals surface area contributed by atoms with Crippen LogP contribution in [0.3, 0.4) is 0 Å². The molecule has 0 aliphatic rings. The van der Waals surface area contributed by atoms with Gasteiger partial charge in [0, 0.05) is 14.2 Å². The summed E-state index contributed by atoms with van der Waals surface area (Å²) in [6.07, 6.45) is -0.300. The second kappa shape index (κ2) is 8.52. The number of carbonyl (C=O) groups is 1. The van der Waals surface area contributed by atoms with Crippen LogP contribution in [-0.4, -0.2) is 68.3 Å². The molecule has 0 aromatic rings. The van der Waals surface area contributed by atoms with Gasteiger partial charge in [0.2, 0.25) is 0 Å². The summed E-state index contributed by atoms with van der Waals surface area (Å²) in [7, 11) is 3.90. The second-order valence-corrected chi connectivity index (χ2v) is 1.88. The Labute approximate surface area is 98.9 Å². The van der Waals surface area contributed by atoms with Crippen molar-refractivity contribution < 1.29 is 24.1 Å². The fourth-order valence-electron chi connectivity index (χ4n) is 0.678. The summed E-state index contributed by atoms with van der Waals surface area (Å²) in [5.74, 6) is -0.689. The van der Waals surface area contributed by atoms with E-state index in [1.807, 2.05) is 0 Å². The number of rotatable bonds is 4. The van der Waals surface area contributed by atoms with Crippen LogP contribution in [0, 0.1) is 0 Å². The minimum absolute atomic E-state index is 0. The normalized spacial score (nSPS) is 10.9. The molecule has 0 aromatic carbocycles. The van der Waals surface area contributed by atoms with Gasteiger partial charge in [0.1, 0.15) is 5.57 Å². The zero-order valence-corrected chi connectivity index (χ0v) is 7.23. The molecule has 0 aromatic heterocycles. The van der Waals surface area contributed by atoms with Gasteiger partial charge in [-0.3, -0.25) is 0 Å². The third kappa shape index (κ3) is 4.64. The third-order valence-electron chi connectivity index (χ3n) is 1.24. The van der Waals surface area contributed by atoms with Gasteiger partial charge < -0.3 is 19.3 Å². The van der Waals surface area contributed by atoms with Crippen LogP contribution < -0.4 is 0 Å². The van der Waals surface area contributed by atoms with Gasteiger partial charge in [-0.2, -0.15) is 0 Å². The predicted octanol–water partition coefficient (Wildman–Crippen LogP) is -0.428. The number of hydrogen-bond acceptors (Lipinski definition) is 5. The van der Waals surface area contributed by atoms with Gasteiger partial charge in [-0.1, -0.05) is 0 Å². The average Bonchev–Trinajstić information content (AvgIpc) is 2.12. The zero-order chi connectivity index (χ0) is 9.56. The summed E-state index contributed by atoms with van der Waals surface area (Å²) in [5, 5.41) is 8.64. The third-order valence-corrected chi connectivity index (χ3v) is 1.24. The van der Waals surface area contributed by atoms with Crippen LogP contribution >= 0.6 is 0 Å². The van der Waals surface area contributed by atoms with Crippen LogP contribution in [-0.2, 0) is 19.0 Å². The molecule has 0 spiro atoms. The molecule has 0 unspecified atom stereocenters. The zero-order valence-electron chi connectivity index (χ0n) is 7.23. The van der Waals surface area contributed by atoms with Crippen molar-refractivity contribution in [2.24, 2.45) is 0 Å². The standard InChI is InChI=1S/C7H12O5.Na.H/c1-10-6(9)5(4-8)7(11-2)12-3;;/h4,7-8H,1-3H3;;/b5-4-;;. The first-order valence-electron chi connectivity index (χ1n) is 3.19. The molecule has 1 N–H and O–H groups in total. The van der Waals surface area contributed by atoms with Crippen molar-refractivity contribution in [3.05, 3.63) is 11.8 Å². The van der Waals surface area contributed by atoms with Crippen molar-refractivity contribution in [2.45, 2.75) is 6.29 Å². The van der Waals surface area contributed by atoms with E-state index in [-0.39, 0.29) is 35.1 Å². The van der Waals surface area contributed by atoms with Gasteiger partial charge in [0.15, 0.2) is 6.29 Å². The summed E-state index contributed by atoms with van der Waals surface area (Å²) in [5.41, 5.74) is -0.0810. The number of hydrogen-bond donors (Lipinski definition) is 1. The van der Waals surface area contributed by atoms with Crippen molar-refractivity contribution in [3.8, 4) is 0 Å². The van der Waals surface area contributed by atoms with Crippen molar-refractivity contribution in [1.29, 1.82) is 0 Å². The van der Waals surface area contributed by atoms with E-state index < -0.39 is 12.3 Å². The molecule has 0 atom stereocenters. The van der Waals surface area contributed by atoms with Crippen molar-refractivity contribution in [2.75, 3.05) is 21.3 Å². The van der Waals surface area contributed by atoms with Crippen LogP contribution in [0.4, 0.5) is 0 Å². The molecule has 0 amide bonds. The Morgan fingerprint density at radius 2 is 1.77 bits per heavy atom. The Kier molecular flexibility index (Phi) is 10.1. The molecular formula is C7H13NaO5.